The maximum atomic E-state index is 5.80. The zero-order valence-corrected chi connectivity index (χ0v) is 16.2. The lowest BCUT2D eigenvalue weighted by Crippen LogP contribution is -2.06. The van der Waals surface area contributed by atoms with Crippen LogP contribution in [0, 0.1) is 0 Å². The summed E-state index contributed by atoms with van der Waals surface area (Å²) in [6.07, 6.45) is 1.07. The summed E-state index contributed by atoms with van der Waals surface area (Å²) < 4.78 is 11.4. The lowest BCUT2D eigenvalue weighted by atomic mass is 10.4. The van der Waals surface area contributed by atoms with Crippen molar-refractivity contribution in [2.75, 3.05) is 5.75 Å². The fourth-order valence-electron chi connectivity index (χ4n) is 1.49. The average molecular weight is 355 g/mol. The van der Waals surface area contributed by atoms with E-state index < -0.39 is 5.69 Å². The van der Waals surface area contributed by atoms with Crippen molar-refractivity contribution in [3.8, 4) is 0 Å². The molecule has 0 saturated heterocycles. The van der Waals surface area contributed by atoms with Gasteiger partial charge in [-0.15, -0.1) is 0 Å². The van der Waals surface area contributed by atoms with Crippen LogP contribution in [0.15, 0.2) is 10.1 Å². The molecular formula is C12H23N2O2PS3. The Kier molecular flexibility index (Phi) is 7.06. The SMILES string of the molecule is CCCSP(=S)(ON=C1SC(C)(C)N=C1C)OC(C)C. The van der Waals surface area contributed by atoms with Gasteiger partial charge in [0.25, 0.3) is 0 Å². The molecule has 0 amide bonds. The lowest BCUT2D eigenvalue weighted by Gasteiger charge is -2.20. The van der Waals surface area contributed by atoms with Crippen molar-refractivity contribution in [1.29, 1.82) is 0 Å². The Hall–Kier alpha value is 0.450. The first-order valence-electron chi connectivity index (χ1n) is 6.63. The number of hydrogen-bond acceptors (Lipinski definition) is 7. The molecule has 4 nitrogen and oxygen atoms in total. The highest BCUT2D eigenvalue weighted by Crippen LogP contribution is 2.62. The van der Waals surface area contributed by atoms with Gasteiger partial charge in [-0.1, -0.05) is 35.2 Å². The van der Waals surface area contributed by atoms with Crippen molar-refractivity contribution >= 4 is 51.4 Å². The number of thioether (sulfide) groups is 1. The molecule has 8 heteroatoms. The highest BCUT2D eigenvalue weighted by molar-refractivity contribution is 8.67. The summed E-state index contributed by atoms with van der Waals surface area (Å²) >= 11 is 8.70. The van der Waals surface area contributed by atoms with Crippen LogP contribution in [0.4, 0.5) is 0 Å². The lowest BCUT2D eigenvalue weighted by molar-refractivity contribution is 0.220. The minimum atomic E-state index is -2.42. The number of hydrogen-bond donors (Lipinski definition) is 0. The zero-order chi connectivity index (χ0) is 15.4. The van der Waals surface area contributed by atoms with Gasteiger partial charge in [-0.05, 0) is 52.8 Å². The third-order valence-corrected chi connectivity index (χ3v) is 8.49. The molecule has 116 valence electrons. The van der Waals surface area contributed by atoms with Gasteiger partial charge in [0.15, 0.2) is 5.04 Å². The Morgan fingerprint density at radius 2 is 2.15 bits per heavy atom. The van der Waals surface area contributed by atoms with Crippen molar-refractivity contribution in [3.63, 3.8) is 0 Å². The molecule has 0 aromatic rings. The normalized spacial score (nSPS) is 22.9. The summed E-state index contributed by atoms with van der Waals surface area (Å²) in [5.41, 5.74) is -1.52. The van der Waals surface area contributed by atoms with Crippen LogP contribution in [0.5, 0.6) is 0 Å². The highest BCUT2D eigenvalue weighted by atomic mass is 32.9. The first kappa shape index (κ1) is 18.5. The minimum Gasteiger partial charge on any atom is -0.328 e. The number of oxime groups is 1. The van der Waals surface area contributed by atoms with Crippen LogP contribution in [0.3, 0.4) is 0 Å². The van der Waals surface area contributed by atoms with E-state index in [9.17, 15) is 0 Å². The molecular weight excluding hydrogens is 331 g/mol. The summed E-state index contributed by atoms with van der Waals surface area (Å²) in [4.78, 5) is 4.35. The zero-order valence-electron chi connectivity index (χ0n) is 12.9. The molecule has 1 rings (SSSR count). The van der Waals surface area contributed by atoms with E-state index in [0.29, 0.717) is 0 Å². The van der Waals surface area contributed by atoms with Crippen molar-refractivity contribution in [2.24, 2.45) is 10.1 Å². The van der Waals surface area contributed by atoms with Crippen molar-refractivity contribution < 1.29 is 9.15 Å². The molecule has 0 spiro atoms. The van der Waals surface area contributed by atoms with Gasteiger partial charge in [-0.2, -0.15) is 0 Å². The number of nitrogens with zero attached hydrogens (tertiary/aromatic N) is 2. The van der Waals surface area contributed by atoms with Crippen molar-refractivity contribution in [2.45, 2.75) is 58.9 Å². The van der Waals surface area contributed by atoms with E-state index in [2.05, 4.69) is 30.9 Å². The molecule has 20 heavy (non-hydrogen) atoms. The standard InChI is InChI=1S/C12H23N2O2PS3/c1-7-8-19-17(18,15-9(2)3)16-14-11-10(4)13-12(5,6)20-11/h9H,7-8H2,1-6H3. The molecule has 0 fully saturated rings. The van der Waals surface area contributed by atoms with Gasteiger partial charge < -0.3 is 9.15 Å². The van der Waals surface area contributed by atoms with Crippen molar-refractivity contribution in [1.82, 2.24) is 0 Å². The molecule has 0 N–H and O–H groups in total. The predicted octanol–water partition coefficient (Wildman–Crippen LogP) is 5.05. The van der Waals surface area contributed by atoms with Crippen molar-refractivity contribution in [3.05, 3.63) is 0 Å². The topological polar surface area (TPSA) is 43.2 Å². The van der Waals surface area contributed by atoms with Crippen LogP contribution < -0.4 is 0 Å². The van der Waals surface area contributed by atoms with E-state index in [1.165, 1.54) is 0 Å². The van der Waals surface area contributed by atoms with E-state index in [1.807, 2.05) is 20.8 Å². The van der Waals surface area contributed by atoms with E-state index in [1.54, 1.807) is 23.1 Å². The fraction of sp³-hybridized carbons (Fsp3) is 0.833. The van der Waals surface area contributed by atoms with Crippen LogP contribution in [-0.4, -0.2) is 27.5 Å². The third kappa shape index (κ3) is 6.06. The van der Waals surface area contributed by atoms with E-state index >= 15 is 0 Å². The van der Waals surface area contributed by atoms with Gasteiger partial charge in [0, 0.05) is 5.75 Å². The van der Waals surface area contributed by atoms with Gasteiger partial charge in [0.2, 0.25) is 0 Å². The van der Waals surface area contributed by atoms with Crippen LogP contribution in [0.1, 0.15) is 48.0 Å². The average Bonchev–Trinajstić information content (AvgIpc) is 2.56. The Balaban J connectivity index is 2.77. The highest BCUT2D eigenvalue weighted by Gasteiger charge is 2.31. The molecule has 1 unspecified atom stereocenters. The second-order valence-corrected chi connectivity index (χ2v) is 13.0. The van der Waals surface area contributed by atoms with Gasteiger partial charge in [-0.25, -0.2) is 0 Å². The maximum Gasteiger partial charge on any atom is 0.322 e. The summed E-state index contributed by atoms with van der Waals surface area (Å²) in [5.74, 6) is 0.917. The second kappa shape index (κ2) is 7.63. The van der Waals surface area contributed by atoms with E-state index in [-0.39, 0.29) is 11.0 Å². The van der Waals surface area contributed by atoms with Gasteiger partial charge in [0.1, 0.15) is 4.87 Å². The number of rotatable bonds is 7. The molecule has 0 bridgehead atoms. The molecule has 1 atom stereocenters. The molecule has 1 heterocycles. The Bertz CT molecular complexity index is 450. The molecule has 0 aromatic carbocycles. The molecule has 1 aliphatic rings. The van der Waals surface area contributed by atoms with Crippen LogP contribution in [0.25, 0.3) is 0 Å². The quantitative estimate of drug-likeness (QED) is 0.472. The molecule has 1 aliphatic heterocycles. The summed E-state index contributed by atoms with van der Waals surface area (Å²) in [7, 11) is 0. The van der Waals surface area contributed by atoms with Gasteiger partial charge in [0.05, 0.1) is 11.8 Å². The first-order chi connectivity index (χ1) is 9.17. The molecule has 0 saturated carbocycles. The summed E-state index contributed by atoms with van der Waals surface area (Å²) in [6.45, 7) is 12.1. The summed E-state index contributed by atoms with van der Waals surface area (Å²) in [6, 6.07) is 0. The maximum absolute atomic E-state index is 5.80. The molecule has 0 radical (unpaired) electrons. The monoisotopic (exact) mass is 354 g/mol. The molecule has 0 aromatic heterocycles. The Labute approximate surface area is 135 Å². The van der Waals surface area contributed by atoms with Crippen LogP contribution >= 0.6 is 28.8 Å². The van der Waals surface area contributed by atoms with E-state index in [0.717, 1.165) is 22.9 Å². The van der Waals surface area contributed by atoms with Crippen LogP contribution in [-0.2, 0) is 21.0 Å². The minimum absolute atomic E-state index is 0.0350. The first-order valence-corrected chi connectivity index (χ1v) is 11.7. The number of aliphatic imine (C=N–C) groups is 1. The van der Waals surface area contributed by atoms with Gasteiger partial charge in [-0.3, -0.25) is 4.99 Å². The smallest absolute Gasteiger partial charge is 0.322 e. The Morgan fingerprint density at radius 1 is 1.50 bits per heavy atom. The van der Waals surface area contributed by atoms with E-state index in [4.69, 9.17) is 21.0 Å². The summed E-state index contributed by atoms with van der Waals surface area (Å²) in [5, 5.41) is 5.03. The predicted molar refractivity (Wildman–Crippen MR) is 96.6 cm³/mol. The largest absolute Gasteiger partial charge is 0.328 e. The third-order valence-electron chi connectivity index (χ3n) is 2.11. The van der Waals surface area contributed by atoms with Gasteiger partial charge >= 0.3 is 5.69 Å². The molecule has 0 aliphatic carbocycles. The second-order valence-electron chi connectivity index (χ2n) is 5.16. The fourth-order valence-corrected chi connectivity index (χ4v) is 7.17. The Morgan fingerprint density at radius 3 is 2.60 bits per heavy atom. The van der Waals surface area contributed by atoms with Crippen LogP contribution in [0.2, 0.25) is 0 Å².